The summed E-state index contributed by atoms with van der Waals surface area (Å²) in [6.45, 7) is 2.15. The number of ether oxygens (including phenoxy) is 4. The minimum atomic E-state index is -0.943. The number of aryl methyl sites for hydroxylation is 1. The average molecular weight is 674 g/mol. The number of esters is 1. The molecule has 4 rings (SSSR count). The number of cyclic esters (lactones) is 1. The van der Waals surface area contributed by atoms with Gasteiger partial charge in [-0.25, -0.2) is 4.79 Å². The summed E-state index contributed by atoms with van der Waals surface area (Å²) < 4.78 is 22.4. The van der Waals surface area contributed by atoms with Crippen LogP contribution in [0.15, 0.2) is 54.6 Å². The number of methoxy groups -OCH3 is 3. The molecule has 0 aromatic heterocycles. The first-order valence-corrected chi connectivity index (χ1v) is 16.7. The van der Waals surface area contributed by atoms with Crippen molar-refractivity contribution in [2.45, 2.75) is 76.7 Å². The molecule has 1 heterocycles. The van der Waals surface area contributed by atoms with Gasteiger partial charge < -0.3 is 34.5 Å². The number of benzene rings is 3. The number of allylic oxidation sites excluding steroid dienone is 1. The summed E-state index contributed by atoms with van der Waals surface area (Å²) in [5.41, 5.74) is 1.76. The molecule has 0 bridgehead atoms. The van der Waals surface area contributed by atoms with Crippen molar-refractivity contribution in [2.24, 2.45) is 0 Å². The predicted octanol–water partition coefficient (Wildman–Crippen LogP) is 6.88. The number of nitrogens with one attached hydrogen (secondary N) is 1. The molecule has 1 aliphatic rings. The Morgan fingerprint density at radius 3 is 2.35 bits per heavy atom. The van der Waals surface area contributed by atoms with Crippen LogP contribution >= 0.6 is 0 Å². The van der Waals surface area contributed by atoms with Gasteiger partial charge in [-0.3, -0.25) is 9.59 Å². The van der Waals surface area contributed by atoms with Crippen LogP contribution in [0.4, 0.5) is 0 Å². The molecule has 0 spiro atoms. The van der Waals surface area contributed by atoms with Crippen LogP contribution in [0.5, 0.6) is 28.7 Å². The van der Waals surface area contributed by atoms with Gasteiger partial charge in [0.2, 0.25) is 11.7 Å². The Bertz CT molecular complexity index is 1610. The molecule has 0 fully saturated rings. The molecule has 10 heteroatoms. The number of hydrogen-bond acceptors (Lipinski definition) is 9. The van der Waals surface area contributed by atoms with Gasteiger partial charge >= 0.3 is 5.97 Å². The van der Waals surface area contributed by atoms with Gasteiger partial charge in [0.05, 0.1) is 27.4 Å². The Balaban J connectivity index is 1.77. The second kappa shape index (κ2) is 18.0. The van der Waals surface area contributed by atoms with Crippen molar-refractivity contribution in [1.29, 1.82) is 0 Å². The van der Waals surface area contributed by atoms with Gasteiger partial charge in [-0.05, 0) is 80.3 Å². The Morgan fingerprint density at radius 2 is 1.67 bits per heavy atom. The number of amides is 1. The number of phenols is 2. The highest BCUT2D eigenvalue weighted by atomic mass is 16.5. The van der Waals surface area contributed by atoms with Crippen molar-refractivity contribution < 1.29 is 43.5 Å². The lowest BCUT2D eigenvalue weighted by atomic mass is 9.84. The van der Waals surface area contributed by atoms with Crippen LogP contribution in [-0.4, -0.2) is 61.9 Å². The van der Waals surface area contributed by atoms with E-state index >= 15 is 0 Å². The molecule has 3 aromatic rings. The highest BCUT2D eigenvalue weighted by Gasteiger charge is 2.32. The minimum absolute atomic E-state index is 0.0165. The van der Waals surface area contributed by atoms with Crippen molar-refractivity contribution >= 4 is 23.7 Å². The van der Waals surface area contributed by atoms with E-state index in [-0.39, 0.29) is 40.6 Å². The Labute approximate surface area is 288 Å². The third kappa shape index (κ3) is 9.78. The number of aromatic hydroxyl groups is 2. The maximum absolute atomic E-state index is 13.7. The number of rotatable bonds is 11. The molecule has 3 N–H and O–H groups in total. The fraction of sp³-hybridized carbons (Fsp3) is 0.410. The maximum atomic E-state index is 13.7. The fourth-order valence-electron chi connectivity index (χ4n) is 6.13. The van der Waals surface area contributed by atoms with E-state index in [4.69, 9.17) is 18.9 Å². The third-order valence-electron chi connectivity index (χ3n) is 8.69. The molecule has 49 heavy (non-hydrogen) atoms. The van der Waals surface area contributed by atoms with Crippen LogP contribution in [0.3, 0.4) is 0 Å². The van der Waals surface area contributed by atoms with Gasteiger partial charge in [0.1, 0.15) is 22.8 Å². The smallest absolute Gasteiger partial charge is 0.342 e. The largest absolute Gasteiger partial charge is 0.507 e. The SMILES string of the molecule is COc1cc(C(CC(=O)NCCCc2ccccc2)c2c(O)cc3c(c2O)C(=O)O[C@@H](C)CCCC(=O)CCCC=C3)cc(OC)c1OC. The first-order chi connectivity index (χ1) is 23.7. The van der Waals surface area contributed by atoms with Crippen LogP contribution < -0.4 is 19.5 Å². The molecule has 2 atom stereocenters. The summed E-state index contributed by atoms with van der Waals surface area (Å²) >= 11 is 0. The zero-order valence-electron chi connectivity index (χ0n) is 28.8. The van der Waals surface area contributed by atoms with Gasteiger partial charge in [0.15, 0.2) is 11.5 Å². The van der Waals surface area contributed by atoms with Crippen LogP contribution in [0.1, 0.15) is 96.8 Å². The topological polar surface area (TPSA) is 141 Å². The maximum Gasteiger partial charge on any atom is 0.342 e. The number of fused-ring (bicyclic) bond motifs is 1. The van der Waals surface area contributed by atoms with Gasteiger partial charge in [-0.2, -0.15) is 0 Å². The zero-order valence-corrected chi connectivity index (χ0v) is 28.8. The number of ketones is 1. The predicted molar refractivity (Wildman–Crippen MR) is 187 cm³/mol. The summed E-state index contributed by atoms with van der Waals surface area (Å²) in [5, 5.41) is 26.4. The molecule has 262 valence electrons. The molecule has 1 aliphatic heterocycles. The Kier molecular flexibility index (Phi) is 13.5. The lowest BCUT2D eigenvalue weighted by Gasteiger charge is -2.24. The number of carbonyl (C=O) groups is 3. The lowest BCUT2D eigenvalue weighted by molar-refractivity contribution is -0.121. The Morgan fingerprint density at radius 1 is 0.980 bits per heavy atom. The molecule has 1 amide bonds. The van der Waals surface area contributed by atoms with Gasteiger partial charge in [-0.1, -0.05) is 42.5 Å². The standard InChI is InChI=1S/C39H47NO9/c1-25-13-11-19-29(41)18-10-6-9-17-27-21-31(42)36(37(44)35(27)39(45)49-25)30(28-22-32(46-2)38(48-4)33(23-28)47-3)24-34(43)40-20-12-16-26-14-7-5-8-15-26/h5,7-9,14-15,17,21-23,25,30,42,44H,6,10-13,16,18-20,24H2,1-4H3,(H,40,43)/t25-,30?/m0/s1. The van der Waals surface area contributed by atoms with E-state index in [1.54, 1.807) is 31.2 Å². The molecule has 10 nitrogen and oxygen atoms in total. The van der Waals surface area contributed by atoms with E-state index in [0.717, 1.165) is 12.0 Å². The molecule has 0 aliphatic carbocycles. The van der Waals surface area contributed by atoms with Crippen molar-refractivity contribution in [1.82, 2.24) is 5.32 Å². The van der Waals surface area contributed by atoms with Crippen molar-refractivity contribution in [2.75, 3.05) is 27.9 Å². The zero-order chi connectivity index (χ0) is 35.3. The number of carbonyl (C=O) groups excluding carboxylic acids is 3. The molecule has 0 radical (unpaired) electrons. The van der Waals surface area contributed by atoms with E-state index in [0.29, 0.717) is 74.3 Å². The Hall–Kier alpha value is -4.99. The van der Waals surface area contributed by atoms with E-state index in [1.165, 1.54) is 27.4 Å². The van der Waals surface area contributed by atoms with Crippen molar-refractivity contribution in [3.63, 3.8) is 0 Å². The molecule has 3 aromatic carbocycles. The van der Waals surface area contributed by atoms with E-state index < -0.39 is 23.7 Å². The number of hydrogen-bond donors (Lipinski definition) is 3. The van der Waals surface area contributed by atoms with Crippen LogP contribution in [-0.2, 0) is 20.7 Å². The summed E-state index contributed by atoms with van der Waals surface area (Å²) in [5.74, 6) is -1.71. The third-order valence-corrected chi connectivity index (χ3v) is 8.69. The molecular weight excluding hydrogens is 626 g/mol. The van der Waals surface area contributed by atoms with Crippen LogP contribution in [0, 0.1) is 0 Å². The minimum Gasteiger partial charge on any atom is -0.507 e. The van der Waals surface area contributed by atoms with E-state index in [1.807, 2.05) is 30.3 Å². The lowest BCUT2D eigenvalue weighted by Crippen LogP contribution is -2.27. The summed E-state index contributed by atoms with van der Waals surface area (Å²) in [7, 11) is 4.41. The summed E-state index contributed by atoms with van der Waals surface area (Å²) in [6, 6.07) is 14.7. The fourth-order valence-corrected chi connectivity index (χ4v) is 6.13. The normalized spacial score (nSPS) is 16.1. The van der Waals surface area contributed by atoms with Crippen LogP contribution in [0.25, 0.3) is 6.08 Å². The summed E-state index contributed by atoms with van der Waals surface area (Å²) in [6.07, 6.45) is 7.35. The molecule has 1 unspecified atom stereocenters. The van der Waals surface area contributed by atoms with Gasteiger partial charge in [0.25, 0.3) is 0 Å². The molecular formula is C39H47NO9. The second-order valence-corrected chi connectivity index (χ2v) is 12.2. The van der Waals surface area contributed by atoms with Crippen molar-refractivity contribution in [3.8, 4) is 28.7 Å². The highest BCUT2D eigenvalue weighted by Crippen LogP contribution is 2.47. The van der Waals surface area contributed by atoms with Crippen molar-refractivity contribution in [3.05, 3.63) is 82.4 Å². The van der Waals surface area contributed by atoms with Gasteiger partial charge in [-0.15, -0.1) is 0 Å². The number of Topliss-reactive ketones (excluding diaryl/α,β-unsaturated/α-hetero) is 1. The van der Waals surface area contributed by atoms with Gasteiger partial charge in [0, 0.05) is 37.3 Å². The first kappa shape index (κ1) is 36.8. The quantitative estimate of drug-likeness (QED) is 0.147. The second-order valence-electron chi connectivity index (χ2n) is 12.2. The first-order valence-electron chi connectivity index (χ1n) is 16.7. The van der Waals surface area contributed by atoms with Crippen LogP contribution in [0.2, 0.25) is 0 Å². The molecule has 0 saturated heterocycles. The monoisotopic (exact) mass is 673 g/mol. The number of phenolic OH excluding ortho intramolecular Hbond substituents is 2. The van der Waals surface area contributed by atoms with E-state index in [9.17, 15) is 24.6 Å². The summed E-state index contributed by atoms with van der Waals surface area (Å²) in [4.78, 5) is 39.4. The molecule has 0 saturated carbocycles. The average Bonchev–Trinajstić information content (AvgIpc) is 3.08. The highest BCUT2D eigenvalue weighted by molar-refractivity contribution is 5.98. The van der Waals surface area contributed by atoms with E-state index in [2.05, 4.69) is 5.32 Å².